The first-order chi connectivity index (χ1) is 27.8. The van der Waals surface area contributed by atoms with Crippen LogP contribution in [0.3, 0.4) is 0 Å². The van der Waals surface area contributed by atoms with E-state index in [9.17, 15) is 40.2 Å². The number of benzene rings is 2. The molecule has 15 heteroatoms. The Morgan fingerprint density at radius 1 is 1.14 bits per heavy atom. The van der Waals surface area contributed by atoms with Crippen molar-refractivity contribution >= 4 is 28.8 Å². The molecular formula is C43H50N3O12+. The molecular weight excluding hydrogens is 750 g/mol. The van der Waals surface area contributed by atoms with Crippen LogP contribution >= 0.6 is 0 Å². The molecule has 10 unspecified atom stereocenters. The fourth-order valence-corrected chi connectivity index (χ4v) is 9.28. The van der Waals surface area contributed by atoms with Crippen LogP contribution in [0.25, 0.3) is 11.0 Å². The van der Waals surface area contributed by atoms with Crippen LogP contribution in [0.5, 0.6) is 11.5 Å². The smallest absolute Gasteiger partial charge is 0.222 e. The molecule has 308 valence electrons. The topological polar surface area (TPSA) is 225 Å². The Kier molecular flexibility index (Phi) is 10.9. The van der Waals surface area contributed by atoms with Crippen LogP contribution in [-0.2, 0) is 27.4 Å². The number of fused-ring (bicyclic) bond motifs is 3. The summed E-state index contributed by atoms with van der Waals surface area (Å²) in [6, 6.07) is 9.03. The molecule has 58 heavy (non-hydrogen) atoms. The Hall–Kier alpha value is -4.71. The fraction of sp³-hybridized carbons (Fsp3) is 0.465. The Morgan fingerprint density at radius 2 is 1.93 bits per heavy atom. The van der Waals surface area contributed by atoms with E-state index in [0.29, 0.717) is 65.1 Å². The van der Waals surface area contributed by atoms with E-state index >= 15 is 0 Å². The zero-order valence-corrected chi connectivity index (χ0v) is 32.3. The summed E-state index contributed by atoms with van der Waals surface area (Å²) in [7, 11) is 0. The molecule has 1 aliphatic carbocycles. The maximum absolute atomic E-state index is 13.7. The molecule has 1 spiro atoms. The van der Waals surface area contributed by atoms with Crippen LogP contribution in [0.4, 0.5) is 5.69 Å². The van der Waals surface area contributed by atoms with Crippen LogP contribution in [0.2, 0.25) is 0 Å². The maximum Gasteiger partial charge on any atom is 0.222 e. The molecule has 0 saturated carbocycles. The highest BCUT2D eigenvalue weighted by molar-refractivity contribution is 5.90. The van der Waals surface area contributed by atoms with Gasteiger partial charge in [0.25, 0.3) is 0 Å². The average molecular weight is 801 g/mol. The molecule has 4 aliphatic heterocycles. The zero-order valence-electron chi connectivity index (χ0n) is 32.3. The number of carbonyl (C=O) groups is 1. The number of nitrogens with zero attached hydrogens (tertiary/aromatic N) is 1. The van der Waals surface area contributed by atoms with E-state index in [1.54, 1.807) is 19.2 Å². The maximum atomic E-state index is 13.7. The van der Waals surface area contributed by atoms with Gasteiger partial charge in [-0.1, -0.05) is 31.2 Å². The number of ether oxygens (including phenoxy) is 1. The summed E-state index contributed by atoms with van der Waals surface area (Å²) >= 11 is 0. The number of phenols is 1. The second kappa shape index (κ2) is 15.8. The minimum Gasteiger partial charge on any atom is -0.508 e. The van der Waals surface area contributed by atoms with E-state index < -0.39 is 48.8 Å². The number of carbonyl (C=O) groups excluding carboxylic acids is 1. The van der Waals surface area contributed by atoms with Gasteiger partial charge < -0.3 is 45.1 Å². The van der Waals surface area contributed by atoms with Crippen molar-refractivity contribution in [3.05, 3.63) is 99.2 Å². The van der Waals surface area contributed by atoms with Crippen LogP contribution in [-0.4, -0.2) is 104 Å². The predicted octanol–water partition coefficient (Wildman–Crippen LogP) is 1.11. The summed E-state index contributed by atoms with van der Waals surface area (Å²) < 4.78 is 13.7. The van der Waals surface area contributed by atoms with Gasteiger partial charge in [-0.15, -0.1) is 0 Å². The van der Waals surface area contributed by atoms with Gasteiger partial charge in [-0.05, 0) is 55.0 Å². The average Bonchev–Trinajstić information content (AvgIpc) is 3.94. The third-order valence-corrected chi connectivity index (χ3v) is 12.4. The summed E-state index contributed by atoms with van der Waals surface area (Å²) in [5.41, 5.74) is 0.558. The van der Waals surface area contributed by atoms with Gasteiger partial charge in [-0.25, -0.2) is 9.78 Å². The molecule has 1 amide bonds. The summed E-state index contributed by atoms with van der Waals surface area (Å²) in [5, 5.41) is 66.8. The van der Waals surface area contributed by atoms with Crippen molar-refractivity contribution in [2.24, 2.45) is 16.8 Å². The first-order valence-electron chi connectivity index (χ1n) is 19.8. The number of aliphatic hydroxyl groups excluding tert-OH is 4. The molecule has 0 bridgehead atoms. The first kappa shape index (κ1) is 40.1. The van der Waals surface area contributed by atoms with Gasteiger partial charge in [-0.2, -0.15) is 0 Å². The molecule has 0 radical (unpaired) electrons. The van der Waals surface area contributed by atoms with E-state index in [0.717, 1.165) is 22.6 Å². The van der Waals surface area contributed by atoms with Gasteiger partial charge >= 0.3 is 0 Å². The number of rotatable bonds is 13. The van der Waals surface area contributed by atoms with Gasteiger partial charge in [0.1, 0.15) is 71.7 Å². The van der Waals surface area contributed by atoms with Crippen LogP contribution in [0.1, 0.15) is 49.5 Å². The van der Waals surface area contributed by atoms with Crippen LogP contribution in [0, 0.1) is 18.8 Å². The van der Waals surface area contributed by atoms with Crippen molar-refractivity contribution in [3.8, 4) is 11.5 Å². The Labute approximate surface area is 334 Å². The molecule has 8 rings (SSSR count). The van der Waals surface area contributed by atoms with Gasteiger partial charge in [0.05, 0.1) is 12.0 Å². The molecule has 8 N–H and O–H groups in total. The van der Waals surface area contributed by atoms with E-state index in [-0.39, 0.29) is 47.8 Å². The van der Waals surface area contributed by atoms with Gasteiger partial charge in [0.2, 0.25) is 17.2 Å². The Bertz CT molecular complexity index is 2250. The number of amides is 1. The van der Waals surface area contributed by atoms with Gasteiger partial charge in [0, 0.05) is 62.1 Å². The lowest BCUT2D eigenvalue weighted by Gasteiger charge is -2.47. The quantitative estimate of drug-likeness (QED) is 0.0692. The van der Waals surface area contributed by atoms with Crippen molar-refractivity contribution in [1.82, 2.24) is 5.32 Å². The lowest BCUT2D eigenvalue weighted by molar-refractivity contribution is -0.793. The molecule has 3 aromatic rings. The lowest BCUT2D eigenvalue weighted by atomic mass is 9.71. The first-order valence-corrected chi connectivity index (χ1v) is 19.8. The van der Waals surface area contributed by atoms with E-state index in [2.05, 4.69) is 23.3 Å². The third kappa shape index (κ3) is 7.30. The van der Waals surface area contributed by atoms with Crippen molar-refractivity contribution < 1.29 is 59.3 Å². The van der Waals surface area contributed by atoms with E-state index in [1.165, 1.54) is 30.3 Å². The number of aromatic hydroxyl groups is 1. The molecule has 10 atom stereocenters. The fourth-order valence-electron chi connectivity index (χ4n) is 9.28. The van der Waals surface area contributed by atoms with E-state index in [4.69, 9.17) is 18.9 Å². The number of allylic oxidation sites excluding steroid dienone is 2. The molecule has 5 heterocycles. The monoisotopic (exact) mass is 800 g/mol. The van der Waals surface area contributed by atoms with Gasteiger partial charge in [0.15, 0.2) is 11.2 Å². The molecule has 1 saturated heterocycles. The standard InChI is InChI=1S/C43H49N3O12/c1-3-32-29-10-12-44-31(29)20-46(32)37-39-26(14-30-33(49)13-23(2)56-40(30)37)15-35(43(57-39)11-4-5-25(18-43)27-16-36(51)45-19-27)58-55-22-42(54,41(53)38(52)34(50)21-47)17-24-6-8-28(48)9-7-24/h4-10,12-14,20,25,27,32,34-35,38,41,47-48,50,52-54H,3,11,15-19,21-22H2,1-2H3,(H,45,51)/p+1. The highest BCUT2D eigenvalue weighted by Crippen LogP contribution is 2.49. The Morgan fingerprint density at radius 3 is 2.66 bits per heavy atom. The lowest BCUT2D eigenvalue weighted by Crippen LogP contribution is -3.05. The minimum atomic E-state index is -2.27. The Balaban J connectivity index is 1.19. The summed E-state index contributed by atoms with van der Waals surface area (Å²) in [6.45, 7) is 2.76. The van der Waals surface area contributed by atoms with Crippen molar-refractivity contribution in [3.63, 3.8) is 0 Å². The molecule has 15 nitrogen and oxygen atoms in total. The van der Waals surface area contributed by atoms with Crippen molar-refractivity contribution in [1.29, 1.82) is 0 Å². The molecule has 1 fully saturated rings. The number of aryl methyl sites for hydroxylation is 1. The second-order valence-corrected chi connectivity index (χ2v) is 16.3. The number of quaternary nitrogens is 1. The largest absolute Gasteiger partial charge is 0.508 e. The number of aliphatic hydroxyl groups is 5. The van der Waals surface area contributed by atoms with Crippen molar-refractivity contribution in [2.75, 3.05) is 19.8 Å². The van der Waals surface area contributed by atoms with Crippen molar-refractivity contribution in [2.45, 2.75) is 94.0 Å². The normalized spacial score (nSPS) is 28.7. The number of hydrogen-bond acceptors (Lipinski definition) is 13. The summed E-state index contributed by atoms with van der Waals surface area (Å²) in [6.07, 6.45) is 5.15. The SMILES string of the molecule is CCC1C2=CC=NC2=C[NH+]1c1c2c(cc3c(=O)cc(C)oc13)CC(OOCC(O)(Cc1ccc(O)cc1)C(O)C(O)C(O)CO)C1(CC=CC(C3CNC(=O)C3)C1)O2. The summed E-state index contributed by atoms with van der Waals surface area (Å²) in [5.74, 6) is 0.864. The highest BCUT2D eigenvalue weighted by Gasteiger charge is 2.53. The van der Waals surface area contributed by atoms with Gasteiger partial charge in [-0.3, -0.25) is 19.5 Å². The predicted molar refractivity (Wildman–Crippen MR) is 209 cm³/mol. The summed E-state index contributed by atoms with van der Waals surface area (Å²) in [4.78, 5) is 43.7. The number of nitrogens with one attached hydrogen (secondary N) is 2. The van der Waals surface area contributed by atoms with Crippen LogP contribution < -0.4 is 20.4 Å². The minimum absolute atomic E-state index is 0.00295. The third-order valence-electron chi connectivity index (χ3n) is 12.4. The number of aliphatic imine (C=N–C) groups is 1. The zero-order chi connectivity index (χ0) is 40.9. The second-order valence-electron chi connectivity index (χ2n) is 16.3. The molecule has 1 aromatic heterocycles. The highest BCUT2D eigenvalue weighted by atomic mass is 17.2. The number of hydrogen-bond donors (Lipinski definition) is 8. The molecule has 2 aromatic carbocycles. The van der Waals surface area contributed by atoms with Crippen LogP contribution in [0.15, 0.2) is 86.3 Å². The van der Waals surface area contributed by atoms with E-state index in [1.807, 2.05) is 18.4 Å². The number of phenolic OH excluding ortho intramolecular Hbond substituents is 1. The molecule has 5 aliphatic rings.